The molecule has 4 N–H and O–H groups in total. The Bertz CT molecular complexity index is 5340. The van der Waals surface area contributed by atoms with Gasteiger partial charge in [0.1, 0.15) is 0 Å². The second-order valence-corrected chi connectivity index (χ2v) is 32.0. The summed E-state index contributed by atoms with van der Waals surface area (Å²) in [7, 11) is -16.7. The zero-order valence-electron chi connectivity index (χ0n) is 62.7. The normalized spacial score (nSPS) is 13.0. The summed E-state index contributed by atoms with van der Waals surface area (Å²) in [5.41, 5.74) is 18.0. The molecule has 0 radical (unpaired) electrons. The van der Waals surface area contributed by atoms with Gasteiger partial charge in [0.15, 0.2) is 6.21 Å². The minimum Gasteiger partial charge on any atom is -1.00 e. The molecule has 2 aliphatic carbocycles. The van der Waals surface area contributed by atoms with Gasteiger partial charge in [0, 0.05) is 91.0 Å². The molecular weight excluding hydrogens is 1740 g/mol. The number of hydrogen-bond acceptors (Lipinski definition) is 15. The van der Waals surface area contributed by atoms with Crippen LogP contribution in [-0.2, 0) is 52.1 Å². The predicted octanol–water partition coefficient (Wildman–Crippen LogP) is 16.5. The maximum Gasteiger partial charge on any atom is 0.425 e. The Balaban J connectivity index is 0.00000161. The summed E-state index contributed by atoms with van der Waals surface area (Å²) in [6, 6.07) is 93.0. The van der Waals surface area contributed by atoms with Crippen molar-refractivity contribution in [3.63, 3.8) is 0 Å². The Labute approximate surface area is 735 Å². The first kappa shape index (κ1) is 108. The minimum atomic E-state index is -3.67. The van der Waals surface area contributed by atoms with E-state index in [1.807, 2.05) is 121 Å². The van der Waals surface area contributed by atoms with Crippen LogP contribution in [0.4, 0.5) is 11.4 Å². The number of nitrogens with one attached hydrogen (secondary N) is 2. The summed E-state index contributed by atoms with van der Waals surface area (Å²) in [6.07, 6.45) is 25.1. The van der Waals surface area contributed by atoms with E-state index in [-0.39, 0.29) is 47.1 Å². The summed E-state index contributed by atoms with van der Waals surface area (Å²) in [6.45, 7) is 6.16. The van der Waals surface area contributed by atoms with Crippen LogP contribution in [0.1, 0.15) is 96.9 Å². The molecule has 8 aromatic carbocycles. The SMILES string of the molecule is C.C.C.CC.CS(=O)(=O)O.CS(=O)(=O)O.Cc1cc(-c2ccccc2)[s+]c(-c2ccccc2)c1.ClC1=C(/C=C/c2cc(-c3ccccc3)[s+]c(-c3ccccc3)c2)CCC/C1=C\C=C1C=C(c2ccccc2)SC(c2ccccc2)=C1.ClC1=C(C=[NH+]c2ccccc2)CCC/C1=C\Nc1ccccc1.O=S(=O)=O.O=S(=O)=O.O=S(=O)=O.[Cl-].[Cl-]. The van der Waals surface area contributed by atoms with Crippen molar-refractivity contribution in [2.45, 2.75) is 81.6 Å². The number of halogens is 4. The van der Waals surface area contributed by atoms with E-state index < -0.39 is 52.1 Å². The first-order valence-electron chi connectivity index (χ1n) is 34.6. The molecule has 3 aliphatic rings. The Hall–Kier alpha value is -9.52. The van der Waals surface area contributed by atoms with Crippen LogP contribution in [0, 0.1) is 6.92 Å². The van der Waals surface area contributed by atoms with Gasteiger partial charge in [-0.1, -0.05) is 265 Å². The van der Waals surface area contributed by atoms with Crippen molar-refractivity contribution < 1.29 is 93.6 Å². The Morgan fingerprint density at radius 1 is 0.424 bits per heavy atom. The van der Waals surface area contributed by atoms with E-state index in [0.717, 1.165) is 71.1 Å². The summed E-state index contributed by atoms with van der Waals surface area (Å²) in [5, 5.41) is 5.05. The van der Waals surface area contributed by atoms with Crippen LogP contribution in [0.15, 0.2) is 341 Å². The first-order chi connectivity index (χ1) is 54.0. The fourth-order valence-electron chi connectivity index (χ4n) is 10.5. The van der Waals surface area contributed by atoms with Crippen LogP contribution in [0.5, 0.6) is 0 Å². The Morgan fingerprint density at radius 2 is 0.720 bits per heavy atom. The molecule has 2 aromatic heterocycles. The molecule has 118 heavy (non-hydrogen) atoms. The molecule has 0 amide bonds. The summed E-state index contributed by atoms with van der Waals surface area (Å²) in [5.74, 6) is 0. The Kier molecular flexibility index (Phi) is 54.4. The lowest BCUT2D eigenvalue weighted by molar-refractivity contribution is -0.347. The van der Waals surface area contributed by atoms with Crippen molar-refractivity contribution in [2.75, 3.05) is 17.8 Å². The lowest BCUT2D eigenvalue weighted by atomic mass is 9.93. The topological polar surface area (TPSA) is 288 Å². The van der Waals surface area contributed by atoms with E-state index in [4.69, 9.17) is 70.2 Å². The van der Waals surface area contributed by atoms with Gasteiger partial charge in [0.2, 0.25) is 47.9 Å². The monoisotopic (exact) mass is 1830 g/mol. The zero-order chi connectivity index (χ0) is 82.6. The largest absolute Gasteiger partial charge is 1.00 e. The molecular formula is C89H95Cl4N2O15S8+. The molecule has 0 saturated heterocycles. The first-order valence-corrected chi connectivity index (χ1v) is 44.5. The molecule has 10 aromatic rings. The van der Waals surface area contributed by atoms with Gasteiger partial charge in [0.25, 0.3) is 20.2 Å². The highest BCUT2D eigenvalue weighted by Crippen LogP contribution is 2.45. The van der Waals surface area contributed by atoms with Crippen molar-refractivity contribution in [1.82, 2.24) is 0 Å². The average Bonchev–Trinajstić information content (AvgIpc) is 0.828. The molecule has 29 heteroatoms. The van der Waals surface area contributed by atoms with Crippen LogP contribution in [0.2, 0.25) is 0 Å². The molecule has 17 nitrogen and oxygen atoms in total. The fraction of sp³-hybridized carbons (Fsp3) is 0.157. The Morgan fingerprint density at radius 3 is 1.08 bits per heavy atom. The van der Waals surface area contributed by atoms with E-state index in [2.05, 4.69) is 260 Å². The second kappa shape index (κ2) is 59.2. The van der Waals surface area contributed by atoms with Gasteiger partial charge in [-0.05, 0) is 163 Å². The third-order valence-corrected chi connectivity index (χ3v) is 19.6. The molecule has 0 fully saturated rings. The van der Waals surface area contributed by atoms with E-state index >= 15 is 0 Å². The number of thioether (sulfide) groups is 1. The minimum absolute atomic E-state index is 0. The van der Waals surface area contributed by atoms with Gasteiger partial charge >= 0.3 is 31.8 Å². The van der Waals surface area contributed by atoms with Crippen molar-refractivity contribution in [1.29, 1.82) is 0 Å². The number of anilines is 1. The van der Waals surface area contributed by atoms with E-state index in [1.54, 1.807) is 0 Å². The number of aryl methyl sites for hydroxylation is 1. The van der Waals surface area contributed by atoms with Crippen molar-refractivity contribution >= 4 is 143 Å². The van der Waals surface area contributed by atoms with Crippen LogP contribution in [-0.4, -0.2) is 82.5 Å². The number of para-hydroxylation sites is 2. The van der Waals surface area contributed by atoms with Crippen LogP contribution >= 0.6 is 57.6 Å². The molecule has 0 spiro atoms. The van der Waals surface area contributed by atoms with E-state index in [1.165, 1.54) is 90.5 Å². The van der Waals surface area contributed by atoms with Crippen LogP contribution in [0.3, 0.4) is 0 Å². The highest BCUT2D eigenvalue weighted by atomic mass is 35.5. The second-order valence-electron chi connectivity index (χ2n) is 23.8. The van der Waals surface area contributed by atoms with Crippen molar-refractivity contribution in [2.24, 2.45) is 0 Å². The number of benzene rings is 8. The molecule has 0 unspecified atom stereocenters. The maximum absolute atomic E-state index is 9.19. The van der Waals surface area contributed by atoms with Gasteiger partial charge in [0.05, 0.1) is 17.5 Å². The lowest BCUT2D eigenvalue weighted by Gasteiger charge is -2.18. The summed E-state index contributed by atoms with van der Waals surface area (Å²) in [4.78, 5) is 11.0. The molecule has 626 valence electrons. The molecule has 1 aliphatic heterocycles. The maximum atomic E-state index is 9.19. The molecule has 0 atom stereocenters. The average molecular weight is 1830 g/mol. The number of rotatable bonds is 13. The molecule has 0 saturated carbocycles. The summed E-state index contributed by atoms with van der Waals surface area (Å²) < 4.78 is 128. The highest BCUT2D eigenvalue weighted by molar-refractivity contribution is 8.16. The molecule has 3 heterocycles. The van der Waals surface area contributed by atoms with Gasteiger partial charge in [-0.25, -0.2) is 4.99 Å². The quantitative estimate of drug-likeness (QED) is 0.0474. The van der Waals surface area contributed by atoms with Crippen LogP contribution < -0.4 is 35.1 Å². The standard InChI is InChI=1S/C44H34ClS2.C20H19ClN2.C18H15S.C2H6.2CH4O3S.3CH4.2ClH.3O3S/c45-44-38(26-24-32-28-40(34-14-5-1-6-15-34)46-41(29-32)35-16-7-2-8-17-35)22-13-23-39(44)27-25-33-30-42(36-18-9-3-10-19-36)47-43(31-33)37-20-11-4-12-21-37;21-20-16(14-22-18-10-3-1-4-11-18)8-7-9-17(20)15-23-19-12-5-2-6-13-19;1-14-12-17(15-8-4-2-5-9-15)19-18(13-14)16-10-6-3-7-11-16;1-2;2*1-5(2,3)4;;;;;;3*1-4(2)3/h1-12,14-21,24-31H,13,22-23H2;1-6,10-15,22H,7-9H2;2-13H,1H3;1-2H3;2*1H3,(H,2,3,4);3*1H4;2*1H;;;/q+1;;+1;;;;;;;;;;;/p-1/b;16-14+,23-15?;;;;;;;;;;;;. The summed E-state index contributed by atoms with van der Waals surface area (Å²) >= 11 is 19.2. The van der Waals surface area contributed by atoms with Gasteiger partial charge in [-0.2, -0.15) is 16.8 Å². The lowest BCUT2D eigenvalue weighted by Crippen LogP contribution is -3.00. The molecule has 0 bridgehead atoms. The van der Waals surface area contributed by atoms with Gasteiger partial charge < -0.3 is 30.1 Å². The zero-order valence-corrected chi connectivity index (χ0v) is 72.3. The van der Waals surface area contributed by atoms with Gasteiger partial charge in [-0.15, -0.1) is 37.9 Å². The number of allylic oxidation sites excluding steroid dienone is 12. The third kappa shape index (κ3) is 44.9. The fourth-order valence-corrected chi connectivity index (χ4v) is 14.6. The highest BCUT2D eigenvalue weighted by Gasteiger charge is 2.22. The van der Waals surface area contributed by atoms with Gasteiger partial charge in [-0.3, -0.25) is 9.11 Å². The molecule has 13 rings (SSSR count). The number of hydrogen-bond donors (Lipinski definition) is 4. The van der Waals surface area contributed by atoms with E-state index in [0.29, 0.717) is 12.5 Å². The van der Waals surface area contributed by atoms with Crippen molar-refractivity contribution in [3.8, 4) is 41.8 Å². The third-order valence-electron chi connectivity index (χ3n) is 15.2. The van der Waals surface area contributed by atoms with E-state index in [9.17, 15) is 16.8 Å². The van der Waals surface area contributed by atoms with Crippen LogP contribution in [0.25, 0.3) is 57.6 Å². The van der Waals surface area contributed by atoms with Crippen molar-refractivity contribution in [3.05, 3.63) is 364 Å². The predicted molar refractivity (Wildman–Crippen MR) is 486 cm³/mol. The smallest absolute Gasteiger partial charge is 0.425 e.